The van der Waals surface area contributed by atoms with Crippen LogP contribution < -0.4 is 9.64 Å². The largest absolute Gasteiger partial charge is 0.495 e. The Hall–Kier alpha value is -3.74. The van der Waals surface area contributed by atoms with E-state index in [1.165, 1.54) is 23.8 Å². The number of terminal acetylenes is 1. The number of carboxylic acid groups (broad SMARTS) is 1. The lowest BCUT2D eigenvalue weighted by Gasteiger charge is -2.44. The van der Waals surface area contributed by atoms with Crippen LogP contribution in [0.3, 0.4) is 0 Å². The summed E-state index contributed by atoms with van der Waals surface area (Å²) in [5, 5.41) is 27.4. The number of hydrogen-bond acceptors (Lipinski definition) is 10. The average molecular weight is 796 g/mol. The number of carbonyl (C=O) groups excluding carboxylic acids is 3. The summed E-state index contributed by atoms with van der Waals surface area (Å²) in [5.41, 5.74) is 0.742. The summed E-state index contributed by atoms with van der Waals surface area (Å²) in [6.07, 6.45) is 16.7. The summed E-state index contributed by atoms with van der Waals surface area (Å²) >= 11 is 8.17. The van der Waals surface area contributed by atoms with Gasteiger partial charge in [0.2, 0.25) is 11.8 Å². The molecule has 0 aromatic heterocycles. The van der Waals surface area contributed by atoms with Crippen LogP contribution in [0.15, 0.2) is 35.9 Å². The monoisotopic (exact) mass is 795 g/mol. The van der Waals surface area contributed by atoms with Gasteiger partial charge in [-0.3, -0.25) is 14.5 Å². The number of ether oxygens (including phenoxy) is 3. The summed E-state index contributed by atoms with van der Waals surface area (Å²) in [6, 6.07) is 3.06. The molecule has 3 aliphatic heterocycles. The summed E-state index contributed by atoms with van der Waals surface area (Å²) in [6.45, 7) is 7.45. The molecule has 6 atom stereocenters. The van der Waals surface area contributed by atoms with Gasteiger partial charge in [-0.2, -0.15) is 11.8 Å². The number of methoxy groups -OCH3 is 1. The maximum Gasteiger partial charge on any atom is 0.412 e. The molecule has 1 aromatic rings. The molecule has 13 nitrogen and oxygen atoms in total. The lowest BCUT2D eigenvalue weighted by Crippen LogP contribution is -2.58. The molecule has 3 heterocycles. The number of hydrogen-bond donors (Lipinski definition) is 3. The van der Waals surface area contributed by atoms with Crippen LogP contribution in [0.2, 0.25) is 5.02 Å². The number of aliphatic hydroxyl groups is 2. The number of epoxide rings is 1. The molecule has 2 saturated heterocycles. The van der Waals surface area contributed by atoms with E-state index in [9.17, 15) is 24.3 Å². The molecule has 0 saturated carbocycles. The summed E-state index contributed by atoms with van der Waals surface area (Å²) in [7, 11) is 7.35. The fourth-order valence-electron chi connectivity index (χ4n) is 6.12. The van der Waals surface area contributed by atoms with Gasteiger partial charge in [0.1, 0.15) is 28.6 Å². The van der Waals surface area contributed by atoms with Gasteiger partial charge in [-0.1, -0.05) is 42.3 Å². The van der Waals surface area contributed by atoms with Gasteiger partial charge in [-0.15, -0.1) is 12.8 Å². The number of amides is 3. The van der Waals surface area contributed by atoms with Crippen LogP contribution >= 0.6 is 23.4 Å². The summed E-state index contributed by atoms with van der Waals surface area (Å²) in [4.78, 5) is 51.7. The first kappa shape index (κ1) is 48.3. The lowest BCUT2D eigenvalue weighted by molar-refractivity contribution is -0.154. The van der Waals surface area contributed by atoms with E-state index in [1.54, 1.807) is 37.9 Å². The number of fused-ring (bicyclic) bond motifs is 5. The summed E-state index contributed by atoms with van der Waals surface area (Å²) < 4.78 is 17.2. The minimum Gasteiger partial charge on any atom is -0.495 e. The highest BCUT2D eigenvalue weighted by Crippen LogP contribution is 2.48. The molecule has 302 valence electrons. The zero-order chi connectivity index (χ0) is 41.6. The van der Waals surface area contributed by atoms with Gasteiger partial charge < -0.3 is 39.3 Å². The van der Waals surface area contributed by atoms with E-state index < -0.39 is 35.5 Å². The number of halogens is 1. The molecule has 3 N–H and O–H groups in total. The van der Waals surface area contributed by atoms with Gasteiger partial charge in [0, 0.05) is 65.6 Å². The molecule has 3 amide bonds. The van der Waals surface area contributed by atoms with Crippen LogP contribution in [0.5, 0.6) is 5.75 Å². The molecule has 4 rings (SSSR count). The van der Waals surface area contributed by atoms with Gasteiger partial charge >= 0.3 is 12.1 Å². The number of carbonyl (C=O) groups is 4. The molecule has 0 unspecified atom stereocenters. The number of anilines is 1. The fraction of sp³-hybridized carbons (Fsp3) is 0.590. The number of nitrogens with zero attached hydrogens (tertiary/aromatic N) is 3. The van der Waals surface area contributed by atoms with E-state index >= 15 is 0 Å². The van der Waals surface area contributed by atoms with Gasteiger partial charge in [-0.05, 0) is 57.6 Å². The Bertz CT molecular complexity index is 1540. The SMILES string of the molecule is C#C.CO.COc1cc2cc(c1Cl)N(C)C(=O)CC[C@]1(C)O[C@H]1[C@H](C)[C@@H]1C[C@](O)(C/C=C/C=C(\C)C2)N(C)C(=O)O1.CSCCC(=O)N(C)[C@@H](C)C(=O)O. The Labute approximate surface area is 329 Å². The van der Waals surface area contributed by atoms with Crippen LogP contribution in [0, 0.1) is 18.8 Å². The van der Waals surface area contributed by atoms with Crippen molar-refractivity contribution in [1.29, 1.82) is 0 Å². The lowest BCUT2D eigenvalue weighted by atomic mass is 9.85. The smallest absolute Gasteiger partial charge is 0.412 e. The van der Waals surface area contributed by atoms with Crippen molar-refractivity contribution in [3.05, 3.63) is 46.5 Å². The second-order valence-electron chi connectivity index (χ2n) is 13.5. The van der Waals surface area contributed by atoms with Crippen LogP contribution in [-0.4, -0.2) is 126 Å². The van der Waals surface area contributed by atoms with Crippen molar-refractivity contribution in [3.8, 4) is 18.6 Å². The average Bonchev–Trinajstić information content (AvgIpc) is 3.85. The third-order valence-electron chi connectivity index (χ3n) is 9.85. The van der Waals surface area contributed by atoms with E-state index in [1.807, 2.05) is 57.4 Å². The molecular weight excluding hydrogens is 738 g/mol. The fourth-order valence-corrected chi connectivity index (χ4v) is 6.81. The minimum atomic E-state index is -1.36. The van der Waals surface area contributed by atoms with Crippen LogP contribution in [0.4, 0.5) is 10.5 Å². The number of thioether (sulfide) groups is 1. The zero-order valence-electron chi connectivity index (χ0n) is 33.1. The van der Waals surface area contributed by atoms with Crippen molar-refractivity contribution in [1.82, 2.24) is 9.80 Å². The van der Waals surface area contributed by atoms with Gasteiger partial charge in [0.25, 0.3) is 0 Å². The van der Waals surface area contributed by atoms with Crippen LogP contribution in [-0.2, 0) is 30.3 Å². The molecular formula is C39H58ClN3O10S. The number of aliphatic carboxylic acids is 1. The predicted molar refractivity (Wildman–Crippen MR) is 213 cm³/mol. The molecule has 0 aliphatic carbocycles. The third kappa shape index (κ3) is 12.7. The van der Waals surface area contributed by atoms with Crippen molar-refractivity contribution < 1.29 is 48.7 Å². The van der Waals surface area contributed by atoms with Gasteiger partial charge in [0.15, 0.2) is 0 Å². The number of carboxylic acids is 1. The Morgan fingerprint density at radius 2 is 1.85 bits per heavy atom. The van der Waals surface area contributed by atoms with Gasteiger partial charge in [-0.25, -0.2) is 9.59 Å². The van der Waals surface area contributed by atoms with Crippen LogP contribution in [0.25, 0.3) is 0 Å². The highest BCUT2D eigenvalue weighted by atomic mass is 35.5. The zero-order valence-corrected chi connectivity index (χ0v) is 34.7. The first-order chi connectivity index (χ1) is 25.4. The van der Waals surface area contributed by atoms with E-state index in [0.29, 0.717) is 35.7 Å². The van der Waals surface area contributed by atoms with E-state index in [4.69, 9.17) is 36.0 Å². The topological polar surface area (TPSA) is 170 Å². The van der Waals surface area contributed by atoms with Crippen molar-refractivity contribution >= 4 is 52.9 Å². The normalized spacial score (nSPS) is 27.2. The van der Waals surface area contributed by atoms with Crippen molar-refractivity contribution in [3.63, 3.8) is 0 Å². The Morgan fingerprint density at radius 3 is 2.43 bits per heavy atom. The molecule has 1 aromatic carbocycles. The molecule has 0 radical (unpaired) electrons. The Kier molecular flexibility index (Phi) is 19.6. The number of benzene rings is 1. The summed E-state index contributed by atoms with van der Waals surface area (Å²) in [5.74, 6) is -0.0842. The molecule has 2 fully saturated rings. The molecule has 3 aliphatic rings. The number of allylic oxidation sites excluding steroid dienone is 3. The second-order valence-corrected chi connectivity index (χ2v) is 14.9. The Balaban J connectivity index is 0.000000725. The van der Waals surface area contributed by atoms with E-state index in [-0.39, 0.29) is 43.1 Å². The highest BCUT2D eigenvalue weighted by Gasteiger charge is 2.58. The molecule has 15 heteroatoms. The predicted octanol–water partition coefficient (Wildman–Crippen LogP) is 5.39. The maximum atomic E-state index is 13.2. The standard InChI is InChI=1S/C28H37ClN2O6.C8H15NO3S.C2H2.CH4O/c1-17-9-7-8-11-28(34)16-22(36-26(33)31(28)5)18(2)25-27(3,37-25)12-10-23(32)30(4)20-14-19(13-17)15-21(35-6)24(20)29;1-6(8(11)12)9(2)7(10)4-5-13-3;2*1-2/h7-9,14-15,18,22,25,34H,10-13,16H2,1-6H3;6H,4-5H2,1-3H3,(H,11,12);1-2H;2H,1H3/b8-7+,17-9+;;;/t18-,22+,25+,27+,28-;6-;;/m10../s1. The van der Waals surface area contributed by atoms with Crippen molar-refractivity contribution in [2.24, 2.45) is 5.92 Å². The first-order valence-corrected chi connectivity index (χ1v) is 19.2. The van der Waals surface area contributed by atoms with E-state index in [0.717, 1.165) is 24.0 Å². The molecule has 0 spiro atoms. The quantitative estimate of drug-likeness (QED) is 0.249. The van der Waals surface area contributed by atoms with Crippen molar-refractivity contribution in [2.75, 3.05) is 52.3 Å². The van der Waals surface area contributed by atoms with Gasteiger partial charge in [0.05, 0.1) is 24.5 Å². The number of aliphatic hydroxyl groups excluding tert-OH is 1. The number of rotatable bonds is 6. The first-order valence-electron chi connectivity index (χ1n) is 17.4. The molecule has 54 heavy (non-hydrogen) atoms. The second kappa shape index (κ2) is 22.0. The number of likely N-dealkylation sites (N-methyl/N-ethyl adjacent to an activating group) is 1. The van der Waals surface area contributed by atoms with Crippen molar-refractivity contribution in [2.45, 2.75) is 95.8 Å². The minimum absolute atomic E-state index is 0.0857. The maximum absolute atomic E-state index is 13.2. The molecule has 4 bridgehead atoms. The highest BCUT2D eigenvalue weighted by molar-refractivity contribution is 7.98. The van der Waals surface area contributed by atoms with E-state index in [2.05, 4.69) is 12.8 Å². The third-order valence-corrected chi connectivity index (χ3v) is 10.8. The van der Waals surface area contributed by atoms with Crippen LogP contribution in [0.1, 0.15) is 65.4 Å². The Morgan fingerprint density at radius 1 is 1.22 bits per heavy atom.